The molecule has 6 aromatic rings. The van der Waals surface area contributed by atoms with E-state index in [1.54, 1.807) is 24.4 Å². The summed E-state index contributed by atoms with van der Waals surface area (Å²) in [5.41, 5.74) is 9.00. The van der Waals surface area contributed by atoms with Crippen molar-refractivity contribution in [3.05, 3.63) is 144 Å². The molecule has 0 spiro atoms. The van der Waals surface area contributed by atoms with Gasteiger partial charge in [0.05, 0.1) is 31.2 Å². The second-order valence-electron chi connectivity index (χ2n) is 10.6. The highest BCUT2D eigenvalue weighted by Crippen LogP contribution is 2.23. The number of pyridine rings is 2. The van der Waals surface area contributed by atoms with Crippen LogP contribution in [0.4, 0.5) is 4.39 Å². The van der Waals surface area contributed by atoms with Crippen LogP contribution in [0.3, 0.4) is 0 Å². The van der Waals surface area contributed by atoms with E-state index in [2.05, 4.69) is 100 Å². The van der Waals surface area contributed by atoms with Gasteiger partial charge in [-0.15, -0.1) is 0 Å². The van der Waals surface area contributed by atoms with Gasteiger partial charge in [-0.2, -0.15) is 10.2 Å². The van der Waals surface area contributed by atoms with Crippen LogP contribution in [0.5, 0.6) is 0 Å². The quantitative estimate of drug-likeness (QED) is 0.174. The summed E-state index contributed by atoms with van der Waals surface area (Å²) < 4.78 is 16.4. The van der Waals surface area contributed by atoms with Crippen LogP contribution in [0.25, 0.3) is 22.3 Å². The van der Waals surface area contributed by atoms with E-state index in [0.717, 1.165) is 29.8 Å². The molecule has 6 nitrogen and oxygen atoms in total. The summed E-state index contributed by atoms with van der Waals surface area (Å²) >= 11 is 0. The molecule has 0 saturated heterocycles. The number of aryl methyl sites for hydroxylation is 4. The Morgan fingerprint density at radius 3 is 1.72 bits per heavy atom. The summed E-state index contributed by atoms with van der Waals surface area (Å²) in [5, 5.41) is 8.80. The molecule has 46 heavy (non-hydrogen) atoms. The van der Waals surface area contributed by atoms with Crippen molar-refractivity contribution >= 4 is 0 Å². The predicted octanol–water partition coefficient (Wildman–Crippen LogP) is 7.86. The number of nitrogens with zero attached hydrogens (tertiary/aromatic N) is 6. The Kier molecular flexibility index (Phi) is 11.2. The fraction of sp³-hybridized carbons (Fsp3) is 0.179. The van der Waals surface area contributed by atoms with E-state index in [1.807, 2.05) is 58.3 Å². The minimum Gasteiger partial charge on any atom is -0.271 e. The van der Waals surface area contributed by atoms with E-state index in [9.17, 15) is 4.39 Å². The van der Waals surface area contributed by atoms with E-state index in [1.165, 1.54) is 22.3 Å². The summed E-state index contributed by atoms with van der Waals surface area (Å²) in [6.45, 7) is 5.14. The Morgan fingerprint density at radius 2 is 1.17 bits per heavy atom. The van der Waals surface area contributed by atoms with Crippen molar-refractivity contribution in [1.82, 2.24) is 29.5 Å². The first-order valence-corrected chi connectivity index (χ1v) is 15.2. The zero-order chi connectivity index (χ0) is 32.0. The van der Waals surface area contributed by atoms with Gasteiger partial charge in [-0.05, 0) is 72.2 Å². The van der Waals surface area contributed by atoms with Crippen LogP contribution in [0.15, 0.2) is 116 Å². The minimum absolute atomic E-state index is 0.414. The molecule has 2 aromatic carbocycles. The molecule has 0 aliphatic carbocycles. The normalized spacial score (nSPS) is 10.2. The smallest absolute Gasteiger partial charge is 0.131 e. The lowest BCUT2D eigenvalue weighted by molar-refractivity contribution is 0.476. The van der Waals surface area contributed by atoms with Crippen LogP contribution in [-0.2, 0) is 19.8 Å². The highest BCUT2D eigenvalue weighted by molar-refractivity contribution is 5.66. The second kappa shape index (κ2) is 16.3. The van der Waals surface area contributed by atoms with Crippen molar-refractivity contribution in [3.63, 3.8) is 0 Å². The van der Waals surface area contributed by atoms with Crippen LogP contribution >= 0.6 is 0 Å². The summed E-state index contributed by atoms with van der Waals surface area (Å²) in [5.74, 6) is 12.2. The number of hydrogen-bond donors (Lipinski definition) is 0. The van der Waals surface area contributed by atoms with Crippen molar-refractivity contribution in [2.45, 2.75) is 46.5 Å². The molecule has 0 amide bonds. The summed E-state index contributed by atoms with van der Waals surface area (Å²) in [6.07, 6.45) is 11.1. The van der Waals surface area contributed by atoms with Crippen molar-refractivity contribution < 1.29 is 4.39 Å². The van der Waals surface area contributed by atoms with E-state index in [0.29, 0.717) is 24.4 Å². The standard InChI is InChI=1S/C20H18FN3.C19H17N3/c1-16-7-2-3-11-20(16)17-14-22-24(15-17)12-5-4-8-18-9-6-10-19(13-21)23-18;1-16-8-2-3-11-19(16)17-14-21-22(15-17)13-7-5-10-18-9-4-6-12-20-18/h2-3,6-7,9-11,14-15H,5,12-13H2,1H3;2-4,6,8-9,11-12,14-15H,7,13H2,1H3. The molecule has 0 aliphatic rings. The van der Waals surface area contributed by atoms with Gasteiger partial charge < -0.3 is 0 Å². The molecule has 7 heteroatoms. The molecule has 228 valence electrons. The fourth-order valence-corrected chi connectivity index (χ4v) is 4.75. The lowest BCUT2D eigenvalue weighted by Gasteiger charge is -2.01. The maximum absolute atomic E-state index is 12.6. The van der Waals surface area contributed by atoms with Crippen LogP contribution in [0, 0.1) is 37.5 Å². The minimum atomic E-state index is -0.565. The molecule has 0 atom stereocenters. The number of alkyl halides is 1. The first-order valence-electron chi connectivity index (χ1n) is 15.2. The number of benzene rings is 2. The first kappa shape index (κ1) is 31.6. The van der Waals surface area contributed by atoms with Crippen LogP contribution < -0.4 is 0 Å². The molecule has 0 radical (unpaired) electrons. The third kappa shape index (κ3) is 9.11. The summed E-state index contributed by atoms with van der Waals surface area (Å²) in [6, 6.07) is 27.6. The summed E-state index contributed by atoms with van der Waals surface area (Å²) in [7, 11) is 0. The third-order valence-electron chi connectivity index (χ3n) is 7.15. The van der Waals surface area contributed by atoms with Gasteiger partial charge in [0, 0.05) is 42.6 Å². The average Bonchev–Trinajstić information content (AvgIpc) is 3.77. The molecule has 6 rings (SSSR count). The highest BCUT2D eigenvalue weighted by atomic mass is 19.1. The van der Waals surface area contributed by atoms with Gasteiger partial charge in [-0.1, -0.05) is 72.5 Å². The first-order chi connectivity index (χ1) is 22.6. The Balaban J connectivity index is 0.000000182. The van der Waals surface area contributed by atoms with E-state index in [-0.39, 0.29) is 0 Å². The fourth-order valence-electron chi connectivity index (χ4n) is 4.75. The van der Waals surface area contributed by atoms with Gasteiger partial charge in [0.15, 0.2) is 0 Å². The number of rotatable bonds is 7. The average molecular weight is 607 g/mol. The van der Waals surface area contributed by atoms with Crippen molar-refractivity contribution in [1.29, 1.82) is 0 Å². The largest absolute Gasteiger partial charge is 0.271 e. The highest BCUT2D eigenvalue weighted by Gasteiger charge is 2.05. The topological polar surface area (TPSA) is 61.4 Å². The van der Waals surface area contributed by atoms with Gasteiger partial charge in [0.25, 0.3) is 0 Å². The number of hydrogen-bond acceptors (Lipinski definition) is 4. The molecular formula is C39H35FN6. The van der Waals surface area contributed by atoms with Gasteiger partial charge >= 0.3 is 0 Å². The Hall–Kier alpha value is -5.79. The molecule has 0 saturated carbocycles. The SMILES string of the molecule is Cc1ccccc1-c1cnn(CCC#Cc2cccc(CF)n2)c1.Cc1ccccc1-c1cnn(CCC#Cc2ccccn2)c1. The Morgan fingerprint density at radius 1 is 0.630 bits per heavy atom. The number of halogens is 1. The molecule has 0 fully saturated rings. The maximum Gasteiger partial charge on any atom is 0.131 e. The molecule has 4 aromatic heterocycles. The Bertz CT molecular complexity index is 1990. The molecule has 0 aliphatic heterocycles. The van der Waals surface area contributed by atoms with Crippen LogP contribution in [0.1, 0.15) is 41.1 Å². The molecule has 4 heterocycles. The van der Waals surface area contributed by atoms with Crippen molar-refractivity contribution in [2.75, 3.05) is 0 Å². The maximum atomic E-state index is 12.6. The van der Waals surface area contributed by atoms with Crippen molar-refractivity contribution in [2.24, 2.45) is 0 Å². The third-order valence-corrected chi connectivity index (χ3v) is 7.15. The van der Waals surface area contributed by atoms with Crippen LogP contribution in [-0.4, -0.2) is 29.5 Å². The van der Waals surface area contributed by atoms with Crippen LogP contribution in [0.2, 0.25) is 0 Å². The molecular weight excluding hydrogens is 571 g/mol. The molecule has 0 bridgehead atoms. The zero-order valence-electron chi connectivity index (χ0n) is 26.1. The lowest BCUT2D eigenvalue weighted by atomic mass is 10.0. The van der Waals surface area contributed by atoms with E-state index >= 15 is 0 Å². The van der Waals surface area contributed by atoms with Gasteiger partial charge in [0.1, 0.15) is 18.1 Å². The van der Waals surface area contributed by atoms with Gasteiger partial charge in [-0.3, -0.25) is 9.36 Å². The van der Waals surface area contributed by atoms with Gasteiger partial charge in [-0.25, -0.2) is 14.4 Å². The van der Waals surface area contributed by atoms with Gasteiger partial charge in [0.2, 0.25) is 0 Å². The predicted molar refractivity (Wildman–Crippen MR) is 181 cm³/mol. The molecule has 0 N–H and O–H groups in total. The van der Waals surface area contributed by atoms with E-state index < -0.39 is 6.67 Å². The van der Waals surface area contributed by atoms with Crippen molar-refractivity contribution in [3.8, 4) is 45.9 Å². The van der Waals surface area contributed by atoms with E-state index in [4.69, 9.17) is 0 Å². The number of aromatic nitrogens is 6. The zero-order valence-corrected chi connectivity index (χ0v) is 26.1. The lowest BCUT2D eigenvalue weighted by Crippen LogP contribution is -1.96. The monoisotopic (exact) mass is 606 g/mol. The molecule has 0 unspecified atom stereocenters. The summed E-state index contributed by atoms with van der Waals surface area (Å²) in [4.78, 5) is 8.30. The Labute approximate surface area is 270 Å². The second-order valence-corrected chi connectivity index (χ2v) is 10.6.